The molecule has 0 aliphatic heterocycles. The average Bonchev–Trinajstić information content (AvgIpc) is 3.18. The minimum atomic E-state index is -0.419. The predicted octanol–water partition coefficient (Wildman–Crippen LogP) is 5.18. The van der Waals surface area contributed by atoms with Crippen molar-refractivity contribution in [3.63, 3.8) is 0 Å². The Balaban J connectivity index is 1.55. The van der Waals surface area contributed by atoms with E-state index in [2.05, 4.69) is 10.5 Å². The van der Waals surface area contributed by atoms with Gasteiger partial charge in [0.1, 0.15) is 11.5 Å². The molecule has 1 amide bonds. The van der Waals surface area contributed by atoms with Crippen molar-refractivity contribution in [2.24, 2.45) is 5.10 Å². The summed E-state index contributed by atoms with van der Waals surface area (Å²) in [7, 11) is 0. The molecule has 29 heavy (non-hydrogen) atoms. The first-order valence-corrected chi connectivity index (χ1v) is 9.54. The van der Waals surface area contributed by atoms with Gasteiger partial charge in [-0.1, -0.05) is 35.3 Å². The number of carbonyl (C=O) groups excluding carboxylic acids is 1. The van der Waals surface area contributed by atoms with E-state index in [0.29, 0.717) is 45.2 Å². The Hall–Kier alpha value is -2.96. The Bertz CT molecular complexity index is 1020. The molecule has 0 saturated carbocycles. The largest absolute Gasteiger partial charge is 0.490 e. The zero-order chi connectivity index (χ0) is 20.6. The van der Waals surface area contributed by atoms with E-state index in [9.17, 15) is 4.79 Å². The van der Waals surface area contributed by atoms with Gasteiger partial charge in [0.2, 0.25) is 0 Å². The second-order valence-electron chi connectivity index (χ2n) is 5.79. The molecule has 8 heteroatoms. The standard InChI is InChI=1S/C21H18Cl2N2O4/c1-2-27-19-5-3-4-6-20(19)28-13-21(26)25-24-12-15-8-10-18(29-15)16-11-14(22)7-9-17(16)23/h3-12H,2,13H2,1H3,(H,25,26)/b24-12-. The summed E-state index contributed by atoms with van der Waals surface area (Å²) in [5.41, 5.74) is 3.05. The molecule has 6 nitrogen and oxygen atoms in total. The molecule has 0 radical (unpaired) electrons. The van der Waals surface area contributed by atoms with E-state index in [1.54, 1.807) is 48.5 Å². The predicted molar refractivity (Wildman–Crippen MR) is 113 cm³/mol. The molecule has 2 aromatic carbocycles. The average molecular weight is 433 g/mol. The summed E-state index contributed by atoms with van der Waals surface area (Å²) in [4.78, 5) is 11.9. The van der Waals surface area contributed by atoms with Gasteiger partial charge in [-0.05, 0) is 49.4 Å². The molecule has 1 aromatic heterocycles. The maximum Gasteiger partial charge on any atom is 0.277 e. The van der Waals surface area contributed by atoms with E-state index in [4.69, 9.17) is 37.1 Å². The molecule has 0 aliphatic carbocycles. The van der Waals surface area contributed by atoms with E-state index in [1.807, 2.05) is 13.0 Å². The molecule has 1 heterocycles. The number of furan rings is 1. The van der Waals surface area contributed by atoms with E-state index < -0.39 is 5.91 Å². The van der Waals surface area contributed by atoms with Gasteiger partial charge in [0.15, 0.2) is 18.1 Å². The molecule has 0 atom stereocenters. The fraction of sp³-hybridized carbons (Fsp3) is 0.143. The molecule has 0 fully saturated rings. The van der Waals surface area contributed by atoms with Crippen molar-refractivity contribution in [2.75, 3.05) is 13.2 Å². The first-order valence-electron chi connectivity index (χ1n) is 8.78. The van der Waals surface area contributed by atoms with E-state index in [0.717, 1.165) is 0 Å². The number of nitrogens with zero attached hydrogens (tertiary/aromatic N) is 1. The lowest BCUT2D eigenvalue weighted by Gasteiger charge is -2.10. The zero-order valence-electron chi connectivity index (χ0n) is 15.5. The highest BCUT2D eigenvalue weighted by molar-refractivity contribution is 6.35. The number of hydrazone groups is 1. The molecule has 3 aromatic rings. The van der Waals surface area contributed by atoms with Crippen LogP contribution in [0.15, 0.2) is 64.1 Å². The topological polar surface area (TPSA) is 73.1 Å². The number of benzene rings is 2. The van der Waals surface area contributed by atoms with E-state index in [-0.39, 0.29) is 6.61 Å². The van der Waals surface area contributed by atoms with Crippen LogP contribution in [0.25, 0.3) is 11.3 Å². The highest BCUT2D eigenvalue weighted by atomic mass is 35.5. The van der Waals surface area contributed by atoms with Crippen LogP contribution in [0.5, 0.6) is 11.5 Å². The number of hydrogen-bond donors (Lipinski definition) is 1. The van der Waals surface area contributed by atoms with Crippen LogP contribution in [-0.4, -0.2) is 25.3 Å². The van der Waals surface area contributed by atoms with Gasteiger partial charge in [0.05, 0.1) is 17.8 Å². The molecule has 3 rings (SSSR count). The number of carbonyl (C=O) groups is 1. The minimum absolute atomic E-state index is 0.205. The van der Waals surface area contributed by atoms with E-state index >= 15 is 0 Å². The third-order valence-corrected chi connectivity index (χ3v) is 4.27. The smallest absolute Gasteiger partial charge is 0.277 e. The molecule has 1 N–H and O–H groups in total. The van der Waals surface area contributed by atoms with Gasteiger partial charge in [-0.3, -0.25) is 4.79 Å². The summed E-state index contributed by atoms with van der Waals surface area (Å²) >= 11 is 12.2. The van der Waals surface area contributed by atoms with Crippen LogP contribution in [0, 0.1) is 0 Å². The Morgan fingerprint density at radius 2 is 1.86 bits per heavy atom. The highest BCUT2D eigenvalue weighted by Gasteiger charge is 2.09. The maximum atomic E-state index is 11.9. The van der Waals surface area contributed by atoms with Crippen LogP contribution in [0.1, 0.15) is 12.7 Å². The van der Waals surface area contributed by atoms with Gasteiger partial charge in [0.25, 0.3) is 5.91 Å². The summed E-state index contributed by atoms with van der Waals surface area (Å²) in [5.74, 6) is 1.63. The number of rotatable bonds is 8. The highest BCUT2D eigenvalue weighted by Crippen LogP contribution is 2.31. The summed E-state index contributed by atoms with van der Waals surface area (Å²) in [6.45, 7) is 2.17. The Morgan fingerprint density at radius 1 is 1.10 bits per heavy atom. The summed E-state index contributed by atoms with van der Waals surface area (Å²) < 4.78 is 16.6. The molecule has 0 saturated heterocycles. The third kappa shape index (κ3) is 5.76. The normalized spacial score (nSPS) is 10.9. The Kier molecular flexibility index (Phi) is 7.16. The van der Waals surface area contributed by atoms with Gasteiger partial charge in [-0.15, -0.1) is 0 Å². The molecular weight excluding hydrogens is 415 g/mol. The minimum Gasteiger partial charge on any atom is -0.490 e. The van der Waals surface area contributed by atoms with E-state index in [1.165, 1.54) is 6.21 Å². The maximum absolute atomic E-state index is 11.9. The van der Waals surface area contributed by atoms with Crippen LogP contribution in [0.3, 0.4) is 0 Å². The monoisotopic (exact) mass is 432 g/mol. The number of amides is 1. The molecule has 0 bridgehead atoms. The van der Waals surface area contributed by atoms with Crippen molar-refractivity contribution in [3.8, 4) is 22.8 Å². The second-order valence-corrected chi connectivity index (χ2v) is 6.63. The van der Waals surface area contributed by atoms with Gasteiger partial charge in [0, 0.05) is 10.6 Å². The van der Waals surface area contributed by atoms with Crippen LogP contribution >= 0.6 is 23.2 Å². The fourth-order valence-corrected chi connectivity index (χ4v) is 2.82. The van der Waals surface area contributed by atoms with Crippen molar-refractivity contribution in [3.05, 3.63) is 70.4 Å². The number of para-hydroxylation sites is 2. The van der Waals surface area contributed by atoms with Gasteiger partial charge in [-0.2, -0.15) is 5.10 Å². The summed E-state index contributed by atoms with van der Waals surface area (Å²) in [5, 5.41) is 4.94. The van der Waals surface area contributed by atoms with Crippen molar-refractivity contribution in [1.82, 2.24) is 5.43 Å². The Morgan fingerprint density at radius 3 is 2.62 bits per heavy atom. The number of ether oxygens (including phenoxy) is 2. The summed E-state index contributed by atoms with van der Waals surface area (Å²) in [6, 6.07) is 15.7. The van der Waals surface area contributed by atoms with Crippen molar-refractivity contribution in [2.45, 2.75) is 6.92 Å². The fourth-order valence-electron chi connectivity index (χ4n) is 2.44. The third-order valence-electron chi connectivity index (χ3n) is 3.71. The lowest BCUT2D eigenvalue weighted by atomic mass is 10.2. The number of hydrogen-bond acceptors (Lipinski definition) is 5. The lowest BCUT2D eigenvalue weighted by molar-refractivity contribution is -0.123. The summed E-state index contributed by atoms with van der Waals surface area (Å²) in [6.07, 6.45) is 1.38. The quantitative estimate of drug-likeness (QED) is 0.393. The van der Waals surface area contributed by atoms with Gasteiger partial charge >= 0.3 is 0 Å². The van der Waals surface area contributed by atoms with Gasteiger partial charge in [-0.25, -0.2) is 5.43 Å². The van der Waals surface area contributed by atoms with Crippen LogP contribution in [0.2, 0.25) is 10.0 Å². The molecular formula is C21H18Cl2N2O4. The first-order chi connectivity index (χ1) is 14.1. The number of halogens is 2. The first kappa shape index (κ1) is 20.8. The van der Waals surface area contributed by atoms with Crippen LogP contribution < -0.4 is 14.9 Å². The molecule has 0 unspecified atom stereocenters. The Labute approximate surface area is 178 Å². The van der Waals surface area contributed by atoms with Crippen molar-refractivity contribution >= 4 is 35.3 Å². The second kappa shape index (κ2) is 10.0. The van der Waals surface area contributed by atoms with Crippen molar-refractivity contribution < 1.29 is 18.7 Å². The van der Waals surface area contributed by atoms with Crippen LogP contribution in [-0.2, 0) is 4.79 Å². The molecule has 150 valence electrons. The van der Waals surface area contributed by atoms with Crippen molar-refractivity contribution in [1.29, 1.82) is 0 Å². The molecule has 0 aliphatic rings. The van der Waals surface area contributed by atoms with Crippen LogP contribution in [0.4, 0.5) is 0 Å². The zero-order valence-corrected chi connectivity index (χ0v) is 17.0. The molecule has 0 spiro atoms. The van der Waals surface area contributed by atoms with Gasteiger partial charge < -0.3 is 13.9 Å². The number of nitrogens with one attached hydrogen (secondary N) is 1. The SMILES string of the molecule is CCOc1ccccc1OCC(=O)N/N=C\c1ccc(-c2cc(Cl)ccc2Cl)o1. The lowest BCUT2D eigenvalue weighted by Crippen LogP contribution is -2.24.